The van der Waals surface area contributed by atoms with Crippen molar-refractivity contribution in [1.29, 1.82) is 5.26 Å². The van der Waals surface area contributed by atoms with Crippen LogP contribution in [0, 0.1) is 23.0 Å². The Morgan fingerprint density at radius 3 is 1.54 bits per heavy atom. The van der Waals surface area contributed by atoms with Gasteiger partial charge in [-0.25, -0.2) is 28.7 Å². The normalized spacial score (nSPS) is 14.8. The maximum absolute atomic E-state index is 14.6. The van der Waals surface area contributed by atoms with Crippen LogP contribution < -0.4 is 0 Å². The summed E-state index contributed by atoms with van der Waals surface area (Å²) < 4.78 is 32.7. The molecule has 2 saturated heterocycles. The summed E-state index contributed by atoms with van der Waals surface area (Å²) >= 11 is 0. The largest absolute Gasteiger partial charge is 0.306 e. The van der Waals surface area contributed by atoms with E-state index in [1.807, 2.05) is 91.6 Å². The Kier molecular flexibility index (Phi) is 12.8. The third kappa shape index (κ3) is 9.57. The van der Waals surface area contributed by atoms with E-state index >= 15 is 0 Å². The van der Waals surface area contributed by atoms with Crippen molar-refractivity contribution in [1.82, 2.24) is 59.3 Å². The Morgan fingerprint density at radius 1 is 0.514 bits per heavy atom. The van der Waals surface area contributed by atoms with Crippen LogP contribution in [-0.2, 0) is 0 Å². The van der Waals surface area contributed by atoms with Gasteiger partial charge in [0.1, 0.15) is 11.6 Å². The highest BCUT2D eigenvalue weighted by Gasteiger charge is 2.22. The maximum atomic E-state index is 14.6. The zero-order valence-electron chi connectivity index (χ0n) is 39.8. The lowest BCUT2D eigenvalue weighted by atomic mass is 9.97. The average molecular weight is 954 g/mol. The number of halogens is 2. The zero-order valence-corrected chi connectivity index (χ0v) is 39.8. The van der Waals surface area contributed by atoms with Gasteiger partial charge in [0.05, 0.1) is 47.5 Å². The number of aromatic nitrogens is 10. The number of nitrogens with zero attached hydrogens (tertiary/aromatic N) is 13. The summed E-state index contributed by atoms with van der Waals surface area (Å²) in [6.45, 7) is 4.32. The fourth-order valence-electron chi connectivity index (χ4n) is 9.75. The summed E-state index contributed by atoms with van der Waals surface area (Å²) in [5, 5.41) is 20.7. The van der Waals surface area contributed by atoms with Crippen molar-refractivity contribution < 1.29 is 8.78 Å². The van der Waals surface area contributed by atoms with Crippen molar-refractivity contribution in [2.45, 2.75) is 37.8 Å². The lowest BCUT2D eigenvalue weighted by molar-refractivity contribution is 0.212. The molecule has 8 aromatic heterocycles. The second kappa shape index (κ2) is 20.1. The molecule has 0 saturated carbocycles. The average Bonchev–Trinajstić information content (AvgIpc) is 4.14. The predicted octanol–water partition coefficient (Wildman–Crippen LogP) is 11.1. The molecular weight excluding hydrogens is 905 g/mol. The van der Waals surface area contributed by atoms with Crippen LogP contribution in [0.3, 0.4) is 0 Å². The van der Waals surface area contributed by atoms with E-state index in [-0.39, 0.29) is 5.56 Å². The third-order valence-corrected chi connectivity index (χ3v) is 13.8. The van der Waals surface area contributed by atoms with Gasteiger partial charge in [-0.1, -0.05) is 18.2 Å². The van der Waals surface area contributed by atoms with Crippen molar-refractivity contribution in [3.8, 4) is 73.1 Å². The number of piperidine rings is 2. The summed E-state index contributed by atoms with van der Waals surface area (Å²) in [6.07, 6.45) is 23.1. The SMILES string of the molecule is CN1CCC(n2cc(-c3cncc(-c4cc(-c5cc(F)ccc5F)nc5ncccc45)c3)cn2)CC1.CN1CCC(n2cc(-c3cncc(-c4cc(-c5ccccc5C#N)nc5ncccc45)c3)cn2)CC1. The summed E-state index contributed by atoms with van der Waals surface area (Å²) in [5.41, 5.74) is 11.1. The van der Waals surface area contributed by atoms with Crippen LogP contribution in [0.25, 0.3) is 89.1 Å². The van der Waals surface area contributed by atoms with Gasteiger partial charge in [0.25, 0.3) is 0 Å². The molecule has 2 aliphatic rings. The molecule has 10 aromatic rings. The number of pyridine rings is 6. The molecular formula is C57H49F2N13. The summed E-state index contributed by atoms with van der Waals surface area (Å²) in [7, 11) is 4.32. The van der Waals surface area contributed by atoms with E-state index in [2.05, 4.69) is 92.9 Å². The van der Waals surface area contributed by atoms with E-state index < -0.39 is 11.6 Å². The molecule has 0 spiro atoms. The molecule has 0 radical (unpaired) electrons. The highest BCUT2D eigenvalue weighted by molar-refractivity contribution is 5.97. The predicted molar refractivity (Wildman–Crippen MR) is 275 cm³/mol. The number of benzene rings is 2. The van der Waals surface area contributed by atoms with Gasteiger partial charge in [-0.05, 0) is 150 Å². The molecule has 0 unspecified atom stereocenters. The quantitative estimate of drug-likeness (QED) is 0.144. The first kappa shape index (κ1) is 46.0. The molecule has 2 aromatic carbocycles. The molecule has 10 heterocycles. The summed E-state index contributed by atoms with van der Waals surface area (Å²) in [6, 6.07) is 29.7. The van der Waals surface area contributed by atoms with Crippen LogP contribution in [0.4, 0.5) is 8.78 Å². The first-order valence-electron chi connectivity index (χ1n) is 24.1. The third-order valence-electron chi connectivity index (χ3n) is 13.8. The smallest absolute Gasteiger partial charge is 0.160 e. The molecule has 0 bridgehead atoms. The Morgan fingerprint density at radius 2 is 1.01 bits per heavy atom. The second-order valence-electron chi connectivity index (χ2n) is 18.6. The molecule has 12 rings (SSSR count). The molecule has 0 atom stereocenters. The van der Waals surface area contributed by atoms with E-state index in [9.17, 15) is 14.0 Å². The van der Waals surface area contributed by atoms with Crippen molar-refractivity contribution in [2.24, 2.45) is 0 Å². The minimum Gasteiger partial charge on any atom is -0.306 e. The summed E-state index contributed by atoms with van der Waals surface area (Å²) in [4.78, 5) is 32.0. The molecule has 2 aliphatic heterocycles. The van der Waals surface area contributed by atoms with Crippen LogP contribution in [0.15, 0.2) is 153 Å². The Bertz CT molecular complexity index is 3620. The standard InChI is InChI=1S/C29H25N7.C28H24F2N6/c1-35-11-8-24(9-12-35)36-19-23(18-33-36)21-13-22(17-31-16-21)27-14-28(25-6-3-2-5-20(25)15-30)34-29-26(27)7-4-10-32-29;1-35-9-6-22(7-10-35)36-17-20(16-33-36)18-11-19(15-31-14-18)24-13-27(25-12-21(29)4-5-26(25)30)34-28-23(24)3-2-8-32-28/h2-7,10,13-14,16-19,24H,8-9,11-12H2,1H3;2-5,8,11-17,22H,6-7,9-10H2,1H3. The molecule has 0 aliphatic carbocycles. The number of hydrogen-bond acceptors (Lipinski definition) is 11. The number of hydrogen-bond donors (Lipinski definition) is 0. The van der Waals surface area contributed by atoms with Crippen molar-refractivity contribution in [2.75, 3.05) is 40.3 Å². The molecule has 0 amide bonds. The van der Waals surface area contributed by atoms with Gasteiger partial charge in [0, 0.05) is 105 Å². The van der Waals surface area contributed by atoms with Crippen LogP contribution >= 0.6 is 0 Å². The van der Waals surface area contributed by atoms with Gasteiger partial charge in [-0.15, -0.1) is 0 Å². The Labute approximate surface area is 415 Å². The molecule has 13 nitrogen and oxygen atoms in total. The number of likely N-dealkylation sites (tertiary alicyclic amines) is 2. The van der Waals surface area contributed by atoms with E-state index in [1.165, 1.54) is 0 Å². The van der Waals surface area contributed by atoms with Crippen LogP contribution in [0.2, 0.25) is 0 Å². The highest BCUT2D eigenvalue weighted by atomic mass is 19.1. The van der Waals surface area contributed by atoms with Crippen molar-refractivity contribution in [3.63, 3.8) is 0 Å². The molecule has 2 fully saturated rings. The second-order valence-corrected chi connectivity index (χ2v) is 18.6. The van der Waals surface area contributed by atoms with Crippen molar-refractivity contribution >= 4 is 22.1 Å². The van der Waals surface area contributed by atoms with Crippen molar-refractivity contribution in [3.05, 3.63) is 170 Å². The highest BCUT2D eigenvalue weighted by Crippen LogP contribution is 2.37. The lowest BCUT2D eigenvalue weighted by Gasteiger charge is -2.28. The van der Waals surface area contributed by atoms with Gasteiger partial charge in [0.2, 0.25) is 0 Å². The van der Waals surface area contributed by atoms with E-state index in [0.717, 1.165) is 131 Å². The molecule has 0 N–H and O–H groups in total. The first-order valence-corrected chi connectivity index (χ1v) is 24.1. The van der Waals surface area contributed by atoms with Crippen LogP contribution in [0.1, 0.15) is 43.3 Å². The van der Waals surface area contributed by atoms with Gasteiger partial charge in [-0.2, -0.15) is 15.5 Å². The maximum Gasteiger partial charge on any atom is 0.160 e. The first-order chi connectivity index (χ1) is 35.2. The Balaban J connectivity index is 0.000000156. The number of fused-ring (bicyclic) bond motifs is 2. The number of rotatable bonds is 8. The van der Waals surface area contributed by atoms with Gasteiger partial charge < -0.3 is 9.80 Å². The fourth-order valence-corrected chi connectivity index (χ4v) is 9.75. The molecule has 15 heteroatoms. The molecule has 356 valence electrons. The van der Waals surface area contributed by atoms with Gasteiger partial charge in [-0.3, -0.25) is 19.3 Å². The summed E-state index contributed by atoms with van der Waals surface area (Å²) in [5.74, 6) is -1.07. The van der Waals surface area contributed by atoms with E-state index in [1.54, 1.807) is 24.7 Å². The Hall–Kier alpha value is -8.45. The van der Waals surface area contributed by atoms with Crippen LogP contribution in [-0.4, -0.2) is 99.5 Å². The fraction of sp³-hybridized carbons (Fsp3) is 0.211. The molecule has 72 heavy (non-hydrogen) atoms. The number of nitriles is 1. The van der Waals surface area contributed by atoms with Crippen LogP contribution in [0.5, 0.6) is 0 Å². The zero-order chi connectivity index (χ0) is 49.1. The van der Waals surface area contributed by atoms with E-state index in [0.29, 0.717) is 40.3 Å². The topological polar surface area (TPSA) is 143 Å². The minimum absolute atomic E-state index is 0.0901. The van der Waals surface area contributed by atoms with E-state index in [4.69, 9.17) is 4.98 Å². The van der Waals surface area contributed by atoms with Gasteiger partial charge in [0.15, 0.2) is 11.3 Å². The lowest BCUT2D eigenvalue weighted by Crippen LogP contribution is -2.31. The minimum atomic E-state index is -0.543. The monoisotopic (exact) mass is 953 g/mol. The van der Waals surface area contributed by atoms with Gasteiger partial charge >= 0.3 is 0 Å².